The minimum atomic E-state index is -3.86. The first-order valence-electron chi connectivity index (χ1n) is 11.5. The second kappa shape index (κ2) is 9.03. The number of anilines is 1. The van der Waals surface area contributed by atoms with Crippen molar-refractivity contribution in [3.05, 3.63) is 65.2 Å². The third-order valence-corrected chi connectivity index (χ3v) is 8.89. The van der Waals surface area contributed by atoms with Gasteiger partial charge in [-0.2, -0.15) is 0 Å². The predicted octanol–water partition coefficient (Wildman–Crippen LogP) is 5.48. The molecule has 1 fully saturated rings. The van der Waals surface area contributed by atoms with Crippen LogP contribution in [0.1, 0.15) is 47.2 Å². The number of hydrogen-bond acceptors (Lipinski definition) is 4. The van der Waals surface area contributed by atoms with Crippen molar-refractivity contribution in [3.63, 3.8) is 0 Å². The summed E-state index contributed by atoms with van der Waals surface area (Å²) in [7, 11) is -3.86. The van der Waals surface area contributed by atoms with Crippen LogP contribution in [0.5, 0.6) is 0 Å². The molecule has 1 N–H and O–H groups in total. The van der Waals surface area contributed by atoms with Crippen LogP contribution >= 0.6 is 11.8 Å². The van der Waals surface area contributed by atoms with Crippen LogP contribution in [0.15, 0.2) is 58.3 Å². The average molecular weight is 481 g/mol. The van der Waals surface area contributed by atoms with Gasteiger partial charge in [-0.3, -0.25) is 9.52 Å². The highest BCUT2D eigenvalue weighted by Crippen LogP contribution is 2.36. The number of thioether (sulfide) groups is 1. The third-order valence-electron chi connectivity index (χ3n) is 6.73. The van der Waals surface area contributed by atoms with E-state index < -0.39 is 10.0 Å². The zero-order chi connectivity index (χ0) is 23.0. The Morgan fingerprint density at radius 3 is 2.39 bits per heavy atom. The molecule has 0 spiro atoms. The number of carbonyl (C=O) groups excluding carboxylic acids is 1. The lowest BCUT2D eigenvalue weighted by molar-refractivity contribution is 0.0758. The van der Waals surface area contributed by atoms with E-state index in [9.17, 15) is 13.2 Å². The van der Waals surface area contributed by atoms with E-state index in [1.807, 2.05) is 35.4 Å². The van der Waals surface area contributed by atoms with Gasteiger partial charge in [0.15, 0.2) is 0 Å². The van der Waals surface area contributed by atoms with Crippen molar-refractivity contribution in [2.75, 3.05) is 24.1 Å². The molecule has 3 aromatic carbocycles. The Hall–Kier alpha value is -2.51. The molecule has 1 amide bonds. The minimum absolute atomic E-state index is 0.0800. The fourth-order valence-electron chi connectivity index (χ4n) is 5.01. The predicted molar refractivity (Wildman–Crippen MR) is 135 cm³/mol. The van der Waals surface area contributed by atoms with Gasteiger partial charge in [0.1, 0.15) is 0 Å². The highest BCUT2D eigenvalue weighted by Gasteiger charge is 2.24. The quantitative estimate of drug-likeness (QED) is 0.491. The summed E-state index contributed by atoms with van der Waals surface area (Å²) >= 11 is 1.47. The molecule has 5 rings (SSSR count). The molecule has 1 saturated heterocycles. The molecular weight excluding hydrogens is 452 g/mol. The number of nitrogens with one attached hydrogen (secondary N) is 1. The molecule has 1 heterocycles. The second-order valence-corrected chi connectivity index (χ2v) is 11.3. The molecule has 1 aliphatic carbocycles. The molecule has 0 unspecified atom stereocenters. The summed E-state index contributed by atoms with van der Waals surface area (Å²) in [6.07, 6.45) is 8.13. The van der Waals surface area contributed by atoms with Crippen molar-refractivity contribution in [3.8, 4) is 0 Å². The number of carbonyl (C=O) groups is 1. The molecule has 1 aliphatic heterocycles. The fourth-order valence-corrected chi connectivity index (χ4v) is 6.68. The van der Waals surface area contributed by atoms with Crippen LogP contribution in [0.2, 0.25) is 0 Å². The molecular formula is C26H28N2O3S2. The second-order valence-electron chi connectivity index (χ2n) is 8.79. The zero-order valence-corrected chi connectivity index (χ0v) is 20.4. The van der Waals surface area contributed by atoms with Crippen molar-refractivity contribution in [2.45, 2.75) is 48.3 Å². The van der Waals surface area contributed by atoms with Crippen LogP contribution in [0.3, 0.4) is 0 Å². The van der Waals surface area contributed by atoms with Gasteiger partial charge in [-0.25, -0.2) is 8.42 Å². The van der Waals surface area contributed by atoms with Gasteiger partial charge in [-0.05, 0) is 72.7 Å². The van der Waals surface area contributed by atoms with Crippen molar-refractivity contribution < 1.29 is 13.2 Å². The number of sulfonamides is 1. The van der Waals surface area contributed by atoms with E-state index >= 15 is 0 Å². The lowest BCUT2D eigenvalue weighted by atomic mass is 10.0. The molecule has 2 aliphatic rings. The van der Waals surface area contributed by atoms with E-state index in [-0.39, 0.29) is 10.8 Å². The van der Waals surface area contributed by atoms with E-state index in [0.29, 0.717) is 11.3 Å². The van der Waals surface area contributed by atoms with Gasteiger partial charge < -0.3 is 4.90 Å². The van der Waals surface area contributed by atoms with Crippen LogP contribution in [-0.2, 0) is 22.9 Å². The highest BCUT2D eigenvalue weighted by molar-refractivity contribution is 7.98. The lowest BCUT2D eigenvalue weighted by Gasteiger charge is -2.22. The summed E-state index contributed by atoms with van der Waals surface area (Å²) in [6.45, 7) is 1.45. The monoisotopic (exact) mass is 480 g/mol. The van der Waals surface area contributed by atoms with E-state index in [0.717, 1.165) is 67.3 Å². The Labute approximate surface area is 199 Å². The topological polar surface area (TPSA) is 66.5 Å². The van der Waals surface area contributed by atoms with E-state index in [4.69, 9.17) is 0 Å². The van der Waals surface area contributed by atoms with Crippen molar-refractivity contribution in [1.29, 1.82) is 0 Å². The molecule has 0 aromatic heterocycles. The molecule has 0 radical (unpaired) electrons. The smallest absolute Gasteiger partial charge is 0.261 e. The number of nitrogens with zero attached hydrogens (tertiary/aromatic N) is 1. The van der Waals surface area contributed by atoms with Gasteiger partial charge in [0.2, 0.25) is 0 Å². The number of amides is 1. The molecule has 3 aromatic rings. The molecule has 7 heteroatoms. The van der Waals surface area contributed by atoms with Gasteiger partial charge in [0.05, 0.1) is 16.1 Å². The minimum Gasteiger partial charge on any atom is -0.339 e. The van der Waals surface area contributed by atoms with Gasteiger partial charge in [0, 0.05) is 23.4 Å². The summed E-state index contributed by atoms with van der Waals surface area (Å²) in [6, 6.07) is 14.8. The molecule has 0 saturated carbocycles. The van der Waals surface area contributed by atoms with Crippen LogP contribution in [-0.4, -0.2) is 38.6 Å². The summed E-state index contributed by atoms with van der Waals surface area (Å²) < 4.78 is 29.6. The molecule has 0 atom stereocenters. The Balaban J connectivity index is 1.50. The molecule has 33 heavy (non-hydrogen) atoms. The number of likely N-dealkylation sites (tertiary alicyclic amines) is 1. The van der Waals surface area contributed by atoms with Gasteiger partial charge in [-0.1, -0.05) is 37.1 Å². The van der Waals surface area contributed by atoms with Gasteiger partial charge in [-0.15, -0.1) is 11.8 Å². The maximum Gasteiger partial charge on any atom is 0.261 e. The van der Waals surface area contributed by atoms with Crippen molar-refractivity contribution >= 4 is 44.2 Å². The summed E-state index contributed by atoms with van der Waals surface area (Å²) in [5.74, 6) is -0.0800. The average Bonchev–Trinajstić information content (AvgIpc) is 3.06. The third kappa shape index (κ3) is 4.24. The fraction of sp³-hybridized carbons (Fsp3) is 0.346. The van der Waals surface area contributed by atoms with Crippen LogP contribution in [0.4, 0.5) is 5.69 Å². The molecule has 0 bridgehead atoms. The zero-order valence-electron chi connectivity index (χ0n) is 18.8. The Morgan fingerprint density at radius 2 is 1.67 bits per heavy atom. The van der Waals surface area contributed by atoms with Crippen LogP contribution in [0.25, 0.3) is 10.8 Å². The molecule has 172 valence electrons. The van der Waals surface area contributed by atoms with E-state index in [2.05, 4.69) is 10.8 Å². The van der Waals surface area contributed by atoms with E-state index in [1.54, 1.807) is 18.2 Å². The standard InChI is InChI=1S/C26H28N2O3S2/c1-32-24-14-12-20(17-22(24)26(29)28-15-4-2-3-5-16-28)33(30,31)27-23-13-11-19-10-9-18-7-6-8-21(23)25(18)19/h6-8,11-14,17,27H,2-5,9-10,15-16H2,1H3. The normalized spacial score (nSPS) is 16.1. The summed E-state index contributed by atoms with van der Waals surface area (Å²) in [5, 5.41) is 2.08. The first-order valence-corrected chi connectivity index (χ1v) is 14.2. The van der Waals surface area contributed by atoms with Gasteiger partial charge >= 0.3 is 0 Å². The Kier molecular flexibility index (Phi) is 6.10. The largest absolute Gasteiger partial charge is 0.339 e. The lowest BCUT2D eigenvalue weighted by Crippen LogP contribution is -2.32. The number of rotatable bonds is 5. The van der Waals surface area contributed by atoms with Gasteiger partial charge in [0.25, 0.3) is 15.9 Å². The summed E-state index contributed by atoms with van der Waals surface area (Å²) in [5.41, 5.74) is 3.57. The Morgan fingerprint density at radius 1 is 0.939 bits per heavy atom. The maximum absolute atomic E-state index is 13.4. The highest BCUT2D eigenvalue weighted by atomic mass is 32.2. The first kappa shape index (κ1) is 22.3. The Bertz CT molecular complexity index is 1320. The van der Waals surface area contributed by atoms with Crippen LogP contribution in [0, 0.1) is 0 Å². The number of benzene rings is 3. The van der Waals surface area contributed by atoms with E-state index in [1.165, 1.54) is 22.9 Å². The first-order chi connectivity index (χ1) is 16.0. The SMILES string of the molecule is CSc1ccc(S(=O)(=O)Nc2ccc3c4c(cccc24)CC3)cc1C(=O)N1CCCCCC1. The van der Waals surface area contributed by atoms with Crippen molar-refractivity contribution in [2.24, 2.45) is 0 Å². The summed E-state index contributed by atoms with van der Waals surface area (Å²) in [4.78, 5) is 16.1. The van der Waals surface area contributed by atoms with Crippen LogP contribution < -0.4 is 4.72 Å². The van der Waals surface area contributed by atoms with Crippen molar-refractivity contribution in [1.82, 2.24) is 4.90 Å². The molecule has 5 nitrogen and oxygen atoms in total. The number of aryl methyl sites for hydroxylation is 2. The maximum atomic E-state index is 13.4. The number of hydrogen-bond donors (Lipinski definition) is 1.